The molecule has 0 unspecified atom stereocenters. The molecule has 0 aliphatic rings. The van der Waals surface area contributed by atoms with Gasteiger partial charge in [0.2, 0.25) is 5.13 Å². The van der Waals surface area contributed by atoms with Crippen LogP contribution in [0.5, 0.6) is 0 Å². The Morgan fingerprint density at radius 3 is 3.00 bits per heavy atom. The third-order valence-electron chi connectivity index (χ3n) is 3.25. The second-order valence-corrected chi connectivity index (χ2v) is 5.90. The van der Waals surface area contributed by atoms with Gasteiger partial charge in [-0.3, -0.25) is 10.1 Å². The largest absolute Gasteiger partial charge is 0.461 e. The van der Waals surface area contributed by atoms with Crippen LogP contribution >= 0.6 is 23.1 Å². The van der Waals surface area contributed by atoms with Crippen LogP contribution in [0, 0.1) is 18.3 Å². The number of carbonyl (C=O) groups is 1. The molecular formula is C16H11ClN4O2S. The van der Waals surface area contributed by atoms with E-state index in [4.69, 9.17) is 21.3 Å². The summed E-state index contributed by atoms with van der Waals surface area (Å²) in [5.74, 6) is 1.32. The van der Waals surface area contributed by atoms with Gasteiger partial charge in [-0.1, -0.05) is 12.1 Å². The van der Waals surface area contributed by atoms with Gasteiger partial charge < -0.3 is 4.42 Å². The molecule has 3 aromatic rings. The number of benzene rings is 1. The molecule has 0 fully saturated rings. The number of amides is 1. The predicted molar refractivity (Wildman–Crippen MR) is 91.0 cm³/mol. The van der Waals surface area contributed by atoms with E-state index in [0.29, 0.717) is 33.6 Å². The lowest BCUT2D eigenvalue weighted by atomic mass is 10.1. The van der Waals surface area contributed by atoms with Crippen LogP contribution in [-0.4, -0.2) is 15.3 Å². The van der Waals surface area contributed by atoms with Crippen LogP contribution in [0.15, 0.2) is 34.7 Å². The highest BCUT2D eigenvalue weighted by Crippen LogP contribution is 2.27. The number of hydrogen-bond donors (Lipinski definition) is 1. The van der Waals surface area contributed by atoms with Gasteiger partial charge in [0.15, 0.2) is 5.82 Å². The van der Waals surface area contributed by atoms with E-state index in [1.807, 2.05) is 6.07 Å². The van der Waals surface area contributed by atoms with Crippen molar-refractivity contribution in [3.63, 3.8) is 0 Å². The maximum atomic E-state index is 12.4. The highest BCUT2D eigenvalue weighted by molar-refractivity contribution is 7.09. The van der Waals surface area contributed by atoms with E-state index >= 15 is 0 Å². The Balaban J connectivity index is 1.85. The maximum absolute atomic E-state index is 12.4. The molecule has 1 aromatic carbocycles. The fraction of sp³-hybridized carbons (Fsp3) is 0.125. The molecule has 3 rings (SSSR count). The standard InChI is InChI=1S/C16H11ClN4O2S/c1-9-12(15(22)20-16-19-14(7-17)21-24-16)6-13(23-9)11-4-2-3-10(5-11)8-18/h2-6H,7H2,1H3,(H,19,20,21,22). The third-order valence-corrected chi connectivity index (χ3v) is 4.15. The number of nitrogens with one attached hydrogen (secondary N) is 1. The summed E-state index contributed by atoms with van der Waals surface area (Å²) in [6, 6.07) is 10.7. The summed E-state index contributed by atoms with van der Waals surface area (Å²) >= 11 is 6.71. The summed E-state index contributed by atoms with van der Waals surface area (Å²) in [4.78, 5) is 16.5. The van der Waals surface area contributed by atoms with Crippen LogP contribution < -0.4 is 5.32 Å². The SMILES string of the molecule is Cc1oc(-c2cccc(C#N)c2)cc1C(=O)Nc1nc(CCl)ns1. The van der Waals surface area contributed by atoms with Crippen molar-refractivity contribution in [2.75, 3.05) is 5.32 Å². The summed E-state index contributed by atoms with van der Waals surface area (Å²) in [6.45, 7) is 1.71. The van der Waals surface area contributed by atoms with Crippen molar-refractivity contribution in [1.82, 2.24) is 9.36 Å². The minimum atomic E-state index is -0.337. The number of nitriles is 1. The van der Waals surface area contributed by atoms with Crippen molar-refractivity contribution in [1.29, 1.82) is 5.26 Å². The van der Waals surface area contributed by atoms with Crippen LogP contribution in [0.4, 0.5) is 5.13 Å². The Labute approximate surface area is 146 Å². The summed E-state index contributed by atoms with van der Waals surface area (Å²) in [7, 11) is 0. The Morgan fingerprint density at radius 1 is 1.46 bits per heavy atom. The number of anilines is 1. The second kappa shape index (κ2) is 6.83. The van der Waals surface area contributed by atoms with E-state index in [-0.39, 0.29) is 11.8 Å². The van der Waals surface area contributed by atoms with E-state index in [1.165, 1.54) is 0 Å². The summed E-state index contributed by atoms with van der Waals surface area (Å²) < 4.78 is 9.67. The van der Waals surface area contributed by atoms with Crippen LogP contribution in [0.3, 0.4) is 0 Å². The van der Waals surface area contributed by atoms with Gasteiger partial charge in [-0.25, -0.2) is 4.98 Å². The van der Waals surface area contributed by atoms with Gasteiger partial charge in [0.05, 0.1) is 23.1 Å². The molecule has 120 valence electrons. The monoisotopic (exact) mass is 358 g/mol. The zero-order valence-electron chi connectivity index (χ0n) is 12.5. The third kappa shape index (κ3) is 3.30. The van der Waals surface area contributed by atoms with E-state index in [9.17, 15) is 4.79 Å². The molecule has 0 spiro atoms. The molecule has 0 saturated heterocycles. The van der Waals surface area contributed by atoms with Crippen molar-refractivity contribution in [2.24, 2.45) is 0 Å². The first-order valence-electron chi connectivity index (χ1n) is 6.91. The van der Waals surface area contributed by atoms with Crippen molar-refractivity contribution >= 4 is 34.2 Å². The summed E-state index contributed by atoms with van der Waals surface area (Å²) in [5, 5.41) is 12.0. The Kier molecular flexibility index (Phi) is 4.60. The van der Waals surface area contributed by atoms with E-state index in [0.717, 1.165) is 17.1 Å². The van der Waals surface area contributed by atoms with Gasteiger partial charge >= 0.3 is 0 Å². The number of aromatic nitrogens is 2. The van der Waals surface area contributed by atoms with Gasteiger partial charge in [0, 0.05) is 17.1 Å². The molecule has 0 radical (unpaired) electrons. The molecule has 0 atom stereocenters. The topological polar surface area (TPSA) is 91.8 Å². The van der Waals surface area contributed by atoms with Crippen LogP contribution in [0.2, 0.25) is 0 Å². The number of rotatable bonds is 4. The smallest absolute Gasteiger partial charge is 0.261 e. The van der Waals surface area contributed by atoms with Gasteiger partial charge in [-0.2, -0.15) is 9.64 Å². The highest BCUT2D eigenvalue weighted by atomic mass is 35.5. The summed E-state index contributed by atoms with van der Waals surface area (Å²) in [6.07, 6.45) is 0. The normalized spacial score (nSPS) is 10.4. The first-order chi connectivity index (χ1) is 11.6. The highest BCUT2D eigenvalue weighted by Gasteiger charge is 2.17. The van der Waals surface area contributed by atoms with E-state index in [1.54, 1.807) is 31.2 Å². The van der Waals surface area contributed by atoms with Crippen LogP contribution in [0.25, 0.3) is 11.3 Å². The Morgan fingerprint density at radius 2 is 2.29 bits per heavy atom. The molecule has 1 N–H and O–H groups in total. The molecule has 1 amide bonds. The molecular weight excluding hydrogens is 348 g/mol. The van der Waals surface area contributed by atoms with E-state index in [2.05, 4.69) is 20.7 Å². The zero-order valence-corrected chi connectivity index (χ0v) is 14.1. The number of halogens is 1. The van der Waals surface area contributed by atoms with Gasteiger partial charge in [0.25, 0.3) is 5.91 Å². The lowest BCUT2D eigenvalue weighted by Crippen LogP contribution is -2.11. The number of aryl methyl sites for hydroxylation is 1. The lowest BCUT2D eigenvalue weighted by molar-refractivity contribution is 0.102. The molecule has 2 aromatic heterocycles. The number of nitrogens with zero attached hydrogens (tertiary/aromatic N) is 3. The average Bonchev–Trinajstić information content (AvgIpc) is 3.21. The molecule has 24 heavy (non-hydrogen) atoms. The molecule has 0 saturated carbocycles. The second-order valence-electron chi connectivity index (χ2n) is 4.88. The number of carbonyl (C=O) groups excluding carboxylic acids is 1. The number of hydrogen-bond acceptors (Lipinski definition) is 6. The molecule has 0 bridgehead atoms. The van der Waals surface area contributed by atoms with E-state index < -0.39 is 0 Å². The molecule has 0 aliphatic carbocycles. The Bertz CT molecular complexity index is 942. The average molecular weight is 359 g/mol. The lowest BCUT2D eigenvalue weighted by Gasteiger charge is -1.98. The molecule has 6 nitrogen and oxygen atoms in total. The maximum Gasteiger partial charge on any atom is 0.261 e. The van der Waals surface area contributed by atoms with Gasteiger partial charge in [-0.05, 0) is 25.1 Å². The predicted octanol–water partition coefficient (Wildman–Crippen LogP) is 3.97. The number of furan rings is 1. The van der Waals surface area contributed by atoms with Crippen molar-refractivity contribution < 1.29 is 9.21 Å². The zero-order chi connectivity index (χ0) is 17.1. The molecule has 8 heteroatoms. The van der Waals surface area contributed by atoms with Gasteiger partial charge in [-0.15, -0.1) is 11.6 Å². The minimum absolute atomic E-state index is 0.191. The first kappa shape index (κ1) is 16.2. The molecule has 2 heterocycles. The van der Waals surface area contributed by atoms with Crippen LogP contribution in [0.1, 0.15) is 27.5 Å². The quantitative estimate of drug-likeness (QED) is 0.712. The van der Waals surface area contributed by atoms with Crippen molar-refractivity contribution in [3.8, 4) is 17.4 Å². The number of alkyl halides is 1. The molecule has 0 aliphatic heterocycles. The fourth-order valence-electron chi connectivity index (χ4n) is 2.12. The summed E-state index contributed by atoms with van der Waals surface area (Å²) in [5.41, 5.74) is 1.65. The fourth-order valence-corrected chi connectivity index (χ4v) is 2.89. The first-order valence-corrected chi connectivity index (χ1v) is 8.22. The minimum Gasteiger partial charge on any atom is -0.461 e. The van der Waals surface area contributed by atoms with Gasteiger partial charge in [0.1, 0.15) is 11.5 Å². The van der Waals surface area contributed by atoms with Crippen molar-refractivity contribution in [3.05, 3.63) is 53.0 Å². The Hall–Kier alpha value is -2.69. The van der Waals surface area contributed by atoms with Crippen molar-refractivity contribution in [2.45, 2.75) is 12.8 Å². The van der Waals surface area contributed by atoms with Crippen LogP contribution in [-0.2, 0) is 5.88 Å².